The van der Waals surface area contributed by atoms with Gasteiger partial charge < -0.3 is 20.3 Å². The van der Waals surface area contributed by atoms with E-state index in [4.69, 9.17) is 4.74 Å². The molecule has 1 atom stereocenters. The zero-order valence-electron chi connectivity index (χ0n) is 11.7. The summed E-state index contributed by atoms with van der Waals surface area (Å²) in [6.45, 7) is 4.27. The third kappa shape index (κ3) is 3.28. The van der Waals surface area contributed by atoms with Crippen LogP contribution in [-0.4, -0.2) is 49.0 Å². The van der Waals surface area contributed by atoms with E-state index in [-0.39, 0.29) is 30.8 Å². The van der Waals surface area contributed by atoms with Gasteiger partial charge in [0.1, 0.15) is 5.75 Å². The van der Waals surface area contributed by atoms with Gasteiger partial charge >= 0.3 is 0 Å². The fraction of sp³-hybridized carbons (Fsp3) is 0.429. The van der Waals surface area contributed by atoms with Gasteiger partial charge in [-0.3, -0.25) is 9.59 Å². The van der Waals surface area contributed by atoms with Gasteiger partial charge in [0.2, 0.25) is 0 Å². The van der Waals surface area contributed by atoms with Crippen molar-refractivity contribution >= 4 is 29.9 Å². The first-order chi connectivity index (χ1) is 9.63. The molecule has 0 bridgehead atoms. The standard InChI is InChI=1S/C14H17N3O3.ClH/c1-9-7-17(5-4-15-9)14(19)10-2-3-12-11(6-10)16-13(18)8-20-12;/h2-3,6,9,15H,4-5,7-8H2,1H3,(H,16,18);1H. The quantitative estimate of drug-likeness (QED) is 0.807. The van der Waals surface area contributed by atoms with E-state index in [2.05, 4.69) is 17.6 Å². The summed E-state index contributed by atoms with van der Waals surface area (Å²) in [4.78, 5) is 25.6. The predicted octanol–water partition coefficient (Wildman–Crippen LogP) is 0.873. The molecule has 21 heavy (non-hydrogen) atoms. The van der Waals surface area contributed by atoms with E-state index in [1.54, 1.807) is 18.2 Å². The molecule has 1 fully saturated rings. The Morgan fingerprint density at radius 3 is 3.00 bits per heavy atom. The lowest BCUT2D eigenvalue weighted by molar-refractivity contribution is -0.118. The summed E-state index contributed by atoms with van der Waals surface area (Å²) in [6, 6.07) is 5.45. The van der Waals surface area contributed by atoms with Gasteiger partial charge in [-0.25, -0.2) is 0 Å². The Morgan fingerprint density at radius 2 is 2.24 bits per heavy atom. The molecule has 7 heteroatoms. The highest BCUT2D eigenvalue weighted by Crippen LogP contribution is 2.28. The van der Waals surface area contributed by atoms with Crippen molar-refractivity contribution in [3.8, 4) is 5.75 Å². The minimum atomic E-state index is -0.196. The molecule has 0 saturated carbocycles. The van der Waals surface area contributed by atoms with Gasteiger partial charge in [0, 0.05) is 31.2 Å². The van der Waals surface area contributed by atoms with Crippen LogP contribution < -0.4 is 15.4 Å². The minimum Gasteiger partial charge on any atom is -0.482 e. The number of carbonyl (C=O) groups is 2. The number of anilines is 1. The summed E-state index contributed by atoms with van der Waals surface area (Å²) >= 11 is 0. The van der Waals surface area contributed by atoms with E-state index in [0.29, 0.717) is 36.1 Å². The number of fused-ring (bicyclic) bond motifs is 1. The number of hydrogen-bond donors (Lipinski definition) is 2. The molecule has 114 valence electrons. The molecule has 2 N–H and O–H groups in total. The monoisotopic (exact) mass is 311 g/mol. The van der Waals surface area contributed by atoms with Crippen molar-refractivity contribution in [1.29, 1.82) is 0 Å². The number of piperazine rings is 1. The van der Waals surface area contributed by atoms with Crippen LogP contribution >= 0.6 is 12.4 Å². The van der Waals surface area contributed by atoms with Gasteiger partial charge in [0.15, 0.2) is 6.61 Å². The van der Waals surface area contributed by atoms with Crippen LogP contribution in [0, 0.1) is 0 Å². The van der Waals surface area contributed by atoms with Crippen molar-refractivity contribution in [1.82, 2.24) is 10.2 Å². The second-order valence-corrected chi connectivity index (χ2v) is 5.15. The first kappa shape index (κ1) is 15.6. The normalized spacial score (nSPS) is 20.7. The summed E-state index contributed by atoms with van der Waals surface area (Å²) < 4.78 is 5.29. The lowest BCUT2D eigenvalue weighted by Crippen LogP contribution is -2.51. The first-order valence-corrected chi connectivity index (χ1v) is 6.73. The van der Waals surface area contributed by atoms with E-state index >= 15 is 0 Å². The van der Waals surface area contributed by atoms with Crippen LogP contribution in [0.1, 0.15) is 17.3 Å². The number of nitrogens with zero attached hydrogens (tertiary/aromatic N) is 1. The average Bonchev–Trinajstić information content (AvgIpc) is 2.45. The third-order valence-corrected chi connectivity index (χ3v) is 3.52. The van der Waals surface area contributed by atoms with E-state index in [1.165, 1.54) is 0 Å². The van der Waals surface area contributed by atoms with Crippen molar-refractivity contribution in [3.63, 3.8) is 0 Å². The molecule has 2 heterocycles. The van der Waals surface area contributed by atoms with Gasteiger partial charge in [-0.05, 0) is 25.1 Å². The van der Waals surface area contributed by atoms with Gasteiger partial charge in [-0.2, -0.15) is 0 Å². The molecular formula is C14H18ClN3O3. The van der Waals surface area contributed by atoms with E-state index in [1.807, 2.05) is 4.90 Å². The topological polar surface area (TPSA) is 70.7 Å². The molecule has 0 spiro atoms. The maximum atomic E-state index is 12.5. The van der Waals surface area contributed by atoms with E-state index < -0.39 is 0 Å². The van der Waals surface area contributed by atoms with Crippen LogP contribution in [0.3, 0.4) is 0 Å². The summed E-state index contributed by atoms with van der Waals surface area (Å²) in [7, 11) is 0. The molecule has 0 radical (unpaired) electrons. The number of ether oxygens (including phenoxy) is 1. The Bertz CT molecular complexity index is 564. The largest absolute Gasteiger partial charge is 0.482 e. The number of halogens is 1. The average molecular weight is 312 g/mol. The third-order valence-electron chi connectivity index (χ3n) is 3.52. The lowest BCUT2D eigenvalue weighted by atomic mass is 10.1. The zero-order chi connectivity index (χ0) is 14.1. The highest BCUT2D eigenvalue weighted by Gasteiger charge is 2.23. The first-order valence-electron chi connectivity index (χ1n) is 6.73. The van der Waals surface area contributed by atoms with Crippen LogP contribution in [0.2, 0.25) is 0 Å². The van der Waals surface area contributed by atoms with Gasteiger partial charge in [0.05, 0.1) is 5.69 Å². The molecule has 2 aliphatic heterocycles. The van der Waals surface area contributed by atoms with Crippen LogP contribution in [0.25, 0.3) is 0 Å². The molecule has 0 aliphatic carbocycles. The summed E-state index contributed by atoms with van der Waals surface area (Å²) in [5.41, 5.74) is 1.14. The molecule has 1 aromatic rings. The molecule has 0 aromatic heterocycles. The van der Waals surface area contributed by atoms with Crippen molar-refractivity contribution in [2.45, 2.75) is 13.0 Å². The fourth-order valence-corrected chi connectivity index (χ4v) is 2.52. The van der Waals surface area contributed by atoms with Crippen molar-refractivity contribution in [3.05, 3.63) is 23.8 Å². The van der Waals surface area contributed by atoms with Crippen LogP contribution in [0.5, 0.6) is 5.75 Å². The highest BCUT2D eigenvalue weighted by atomic mass is 35.5. The van der Waals surface area contributed by atoms with E-state index in [9.17, 15) is 9.59 Å². The van der Waals surface area contributed by atoms with Crippen LogP contribution in [0.4, 0.5) is 5.69 Å². The van der Waals surface area contributed by atoms with Gasteiger partial charge in [-0.1, -0.05) is 0 Å². The van der Waals surface area contributed by atoms with Crippen molar-refractivity contribution in [2.75, 3.05) is 31.6 Å². The van der Waals surface area contributed by atoms with Gasteiger partial charge in [-0.15, -0.1) is 12.4 Å². The minimum absolute atomic E-state index is 0. The smallest absolute Gasteiger partial charge is 0.262 e. The number of carbonyl (C=O) groups excluding carboxylic acids is 2. The van der Waals surface area contributed by atoms with E-state index in [0.717, 1.165) is 6.54 Å². The molecule has 1 aromatic carbocycles. The number of nitrogens with one attached hydrogen (secondary N) is 2. The summed E-state index contributed by atoms with van der Waals surface area (Å²) in [5, 5.41) is 6.02. The number of amides is 2. The Labute approximate surface area is 129 Å². The zero-order valence-corrected chi connectivity index (χ0v) is 12.5. The molecule has 6 nitrogen and oxygen atoms in total. The van der Waals surface area contributed by atoms with Crippen LogP contribution in [-0.2, 0) is 4.79 Å². The van der Waals surface area contributed by atoms with Crippen LogP contribution in [0.15, 0.2) is 18.2 Å². The Morgan fingerprint density at radius 1 is 1.43 bits per heavy atom. The Hall–Kier alpha value is -1.79. The predicted molar refractivity (Wildman–Crippen MR) is 81.2 cm³/mol. The summed E-state index contributed by atoms with van der Waals surface area (Å²) in [6.07, 6.45) is 0. The highest BCUT2D eigenvalue weighted by molar-refractivity contribution is 5.99. The Kier molecular flexibility index (Phi) is 4.69. The molecule has 3 rings (SSSR count). The molecular weight excluding hydrogens is 294 g/mol. The lowest BCUT2D eigenvalue weighted by Gasteiger charge is -2.32. The second-order valence-electron chi connectivity index (χ2n) is 5.15. The number of hydrogen-bond acceptors (Lipinski definition) is 4. The SMILES string of the molecule is CC1CN(C(=O)c2ccc3c(c2)NC(=O)CO3)CCN1.Cl. The second kappa shape index (κ2) is 6.32. The molecule has 2 aliphatic rings. The number of rotatable bonds is 1. The summed E-state index contributed by atoms with van der Waals surface area (Å²) in [5.74, 6) is 0.397. The van der Waals surface area contributed by atoms with Crippen molar-refractivity contribution in [2.24, 2.45) is 0 Å². The molecule has 1 saturated heterocycles. The Balaban J connectivity index is 0.00000161. The maximum Gasteiger partial charge on any atom is 0.262 e. The fourth-order valence-electron chi connectivity index (χ4n) is 2.52. The van der Waals surface area contributed by atoms with Crippen molar-refractivity contribution < 1.29 is 14.3 Å². The molecule has 1 unspecified atom stereocenters. The molecule has 2 amide bonds. The van der Waals surface area contributed by atoms with Gasteiger partial charge in [0.25, 0.3) is 11.8 Å². The maximum absolute atomic E-state index is 12.5. The number of benzene rings is 1.